The molecule has 0 aromatic rings. The number of hydrogen-bond acceptors (Lipinski definition) is 2. The third kappa shape index (κ3) is 3.69. The predicted octanol–water partition coefficient (Wildman–Crippen LogP) is 3.08. The molecule has 2 rings (SSSR count). The molecule has 17 heavy (non-hydrogen) atoms. The maximum atomic E-state index is 3.80. The van der Waals surface area contributed by atoms with Crippen LogP contribution in [-0.4, -0.2) is 25.2 Å². The molecule has 2 N–H and O–H groups in total. The van der Waals surface area contributed by atoms with Gasteiger partial charge in [0.15, 0.2) is 0 Å². The lowest BCUT2D eigenvalue weighted by Crippen LogP contribution is -2.39. The molecular weight excluding hydrogens is 208 g/mol. The zero-order chi connectivity index (χ0) is 12.1. The SMILES string of the molecule is CCC1(CNC(C)CC2CCCN2)CCCC1. The van der Waals surface area contributed by atoms with Crippen LogP contribution in [0.25, 0.3) is 0 Å². The van der Waals surface area contributed by atoms with Crippen molar-refractivity contribution >= 4 is 0 Å². The third-order valence-electron chi connectivity index (χ3n) is 5.04. The summed E-state index contributed by atoms with van der Waals surface area (Å²) in [5.41, 5.74) is 0.636. The molecule has 1 aliphatic heterocycles. The van der Waals surface area contributed by atoms with Crippen LogP contribution in [0.1, 0.15) is 65.2 Å². The van der Waals surface area contributed by atoms with E-state index in [1.807, 2.05) is 0 Å². The maximum absolute atomic E-state index is 3.80. The van der Waals surface area contributed by atoms with Gasteiger partial charge in [0.2, 0.25) is 0 Å². The summed E-state index contributed by atoms with van der Waals surface area (Å²) in [6.07, 6.45) is 11.2. The van der Waals surface area contributed by atoms with Crippen molar-refractivity contribution in [3.05, 3.63) is 0 Å². The van der Waals surface area contributed by atoms with E-state index in [-0.39, 0.29) is 0 Å². The molecule has 2 atom stereocenters. The summed E-state index contributed by atoms with van der Waals surface area (Å²) in [6.45, 7) is 7.21. The van der Waals surface area contributed by atoms with Crippen molar-refractivity contribution in [2.24, 2.45) is 5.41 Å². The zero-order valence-electron chi connectivity index (χ0n) is 11.7. The minimum atomic E-state index is 0.636. The van der Waals surface area contributed by atoms with Crippen LogP contribution in [0.4, 0.5) is 0 Å². The van der Waals surface area contributed by atoms with E-state index in [1.54, 1.807) is 0 Å². The average Bonchev–Trinajstić information content (AvgIpc) is 2.98. The Bertz CT molecular complexity index is 215. The summed E-state index contributed by atoms with van der Waals surface area (Å²) < 4.78 is 0. The molecule has 0 aromatic carbocycles. The molecule has 2 nitrogen and oxygen atoms in total. The first kappa shape index (κ1) is 13.4. The predicted molar refractivity (Wildman–Crippen MR) is 74.3 cm³/mol. The minimum absolute atomic E-state index is 0.636. The average molecular weight is 238 g/mol. The first-order valence-electron chi connectivity index (χ1n) is 7.71. The Labute approximate surface area is 107 Å². The highest BCUT2D eigenvalue weighted by Crippen LogP contribution is 2.40. The Morgan fingerprint density at radius 1 is 1.29 bits per heavy atom. The van der Waals surface area contributed by atoms with E-state index < -0.39 is 0 Å². The van der Waals surface area contributed by atoms with E-state index in [9.17, 15) is 0 Å². The van der Waals surface area contributed by atoms with Crippen LogP contribution in [0, 0.1) is 5.41 Å². The van der Waals surface area contributed by atoms with Crippen LogP contribution in [0.5, 0.6) is 0 Å². The fourth-order valence-corrected chi connectivity index (χ4v) is 3.64. The van der Waals surface area contributed by atoms with Gasteiger partial charge >= 0.3 is 0 Å². The second-order valence-corrected chi connectivity index (χ2v) is 6.37. The molecule has 0 spiro atoms. The van der Waals surface area contributed by atoms with Crippen molar-refractivity contribution in [1.29, 1.82) is 0 Å². The van der Waals surface area contributed by atoms with Gasteiger partial charge < -0.3 is 10.6 Å². The van der Waals surface area contributed by atoms with E-state index in [0.29, 0.717) is 11.5 Å². The van der Waals surface area contributed by atoms with Crippen molar-refractivity contribution in [1.82, 2.24) is 10.6 Å². The second kappa shape index (κ2) is 6.19. The molecule has 2 fully saturated rings. The van der Waals surface area contributed by atoms with Crippen molar-refractivity contribution < 1.29 is 0 Å². The minimum Gasteiger partial charge on any atom is -0.314 e. The molecule has 0 amide bonds. The fraction of sp³-hybridized carbons (Fsp3) is 1.00. The molecule has 1 saturated heterocycles. The van der Waals surface area contributed by atoms with E-state index >= 15 is 0 Å². The smallest absolute Gasteiger partial charge is 0.00822 e. The Kier molecular flexibility index (Phi) is 4.87. The van der Waals surface area contributed by atoms with Crippen LogP contribution in [0.2, 0.25) is 0 Å². The van der Waals surface area contributed by atoms with Gasteiger partial charge in [-0.3, -0.25) is 0 Å². The van der Waals surface area contributed by atoms with Crippen LogP contribution >= 0.6 is 0 Å². The summed E-state index contributed by atoms with van der Waals surface area (Å²) in [5, 5.41) is 7.40. The lowest BCUT2D eigenvalue weighted by Gasteiger charge is -2.30. The highest BCUT2D eigenvalue weighted by atomic mass is 15.0. The van der Waals surface area contributed by atoms with Gasteiger partial charge in [0.05, 0.1) is 0 Å². The van der Waals surface area contributed by atoms with Gasteiger partial charge in [0, 0.05) is 18.6 Å². The topological polar surface area (TPSA) is 24.1 Å². The van der Waals surface area contributed by atoms with Crippen LogP contribution in [0.15, 0.2) is 0 Å². The fourth-order valence-electron chi connectivity index (χ4n) is 3.64. The molecule has 1 heterocycles. The Morgan fingerprint density at radius 2 is 2.06 bits per heavy atom. The molecule has 0 bridgehead atoms. The monoisotopic (exact) mass is 238 g/mol. The first-order valence-corrected chi connectivity index (χ1v) is 7.71. The highest BCUT2D eigenvalue weighted by Gasteiger charge is 2.32. The van der Waals surface area contributed by atoms with Gasteiger partial charge in [-0.05, 0) is 57.4 Å². The van der Waals surface area contributed by atoms with E-state index in [0.717, 1.165) is 6.04 Å². The molecule has 100 valence electrons. The lowest BCUT2D eigenvalue weighted by molar-refractivity contribution is 0.252. The lowest BCUT2D eigenvalue weighted by atomic mass is 9.83. The summed E-state index contributed by atoms with van der Waals surface area (Å²) in [4.78, 5) is 0. The molecule has 0 aromatic heterocycles. The normalized spacial score (nSPS) is 29.6. The summed E-state index contributed by atoms with van der Waals surface area (Å²) in [6, 6.07) is 1.45. The van der Waals surface area contributed by atoms with Gasteiger partial charge in [0.25, 0.3) is 0 Å². The van der Waals surface area contributed by atoms with Crippen molar-refractivity contribution in [3.8, 4) is 0 Å². The van der Waals surface area contributed by atoms with Crippen molar-refractivity contribution in [3.63, 3.8) is 0 Å². The molecule has 1 aliphatic carbocycles. The summed E-state index contributed by atoms with van der Waals surface area (Å²) >= 11 is 0. The van der Waals surface area contributed by atoms with Gasteiger partial charge in [-0.25, -0.2) is 0 Å². The Morgan fingerprint density at radius 3 is 2.65 bits per heavy atom. The quantitative estimate of drug-likeness (QED) is 0.743. The maximum Gasteiger partial charge on any atom is 0.00822 e. The van der Waals surface area contributed by atoms with Gasteiger partial charge in [-0.1, -0.05) is 19.8 Å². The van der Waals surface area contributed by atoms with Gasteiger partial charge in [-0.2, -0.15) is 0 Å². The highest BCUT2D eigenvalue weighted by molar-refractivity contribution is 4.87. The van der Waals surface area contributed by atoms with Crippen molar-refractivity contribution in [2.75, 3.05) is 13.1 Å². The Balaban J connectivity index is 1.69. The third-order valence-corrected chi connectivity index (χ3v) is 5.04. The summed E-state index contributed by atoms with van der Waals surface area (Å²) in [7, 11) is 0. The number of nitrogens with one attached hydrogen (secondary N) is 2. The van der Waals surface area contributed by atoms with Gasteiger partial charge in [0.1, 0.15) is 0 Å². The summed E-state index contributed by atoms with van der Waals surface area (Å²) in [5.74, 6) is 0. The van der Waals surface area contributed by atoms with Crippen LogP contribution < -0.4 is 10.6 Å². The second-order valence-electron chi connectivity index (χ2n) is 6.37. The van der Waals surface area contributed by atoms with Crippen LogP contribution in [-0.2, 0) is 0 Å². The van der Waals surface area contributed by atoms with E-state index in [1.165, 1.54) is 64.5 Å². The molecule has 1 saturated carbocycles. The number of rotatable bonds is 6. The molecule has 0 radical (unpaired) electrons. The molecular formula is C15H30N2. The number of hydrogen-bond donors (Lipinski definition) is 2. The van der Waals surface area contributed by atoms with Crippen molar-refractivity contribution in [2.45, 2.75) is 77.3 Å². The van der Waals surface area contributed by atoms with E-state index in [4.69, 9.17) is 0 Å². The largest absolute Gasteiger partial charge is 0.314 e. The molecule has 2 aliphatic rings. The first-order chi connectivity index (χ1) is 8.24. The van der Waals surface area contributed by atoms with Gasteiger partial charge in [-0.15, -0.1) is 0 Å². The molecule has 2 unspecified atom stereocenters. The molecule has 2 heteroatoms. The Hall–Kier alpha value is -0.0800. The van der Waals surface area contributed by atoms with E-state index in [2.05, 4.69) is 24.5 Å². The standard InChI is InChI=1S/C15H30N2/c1-3-15(8-4-5-9-15)12-17-13(2)11-14-7-6-10-16-14/h13-14,16-17H,3-12H2,1-2H3. The zero-order valence-corrected chi connectivity index (χ0v) is 11.7. The van der Waals surface area contributed by atoms with Crippen LogP contribution in [0.3, 0.4) is 0 Å².